The predicted molar refractivity (Wildman–Crippen MR) is 90.0 cm³/mol. The first-order chi connectivity index (χ1) is 11.2. The number of nitrogens with zero attached hydrogens (tertiary/aromatic N) is 5. The van der Waals surface area contributed by atoms with Gasteiger partial charge in [0.25, 0.3) is 0 Å². The second-order valence-electron chi connectivity index (χ2n) is 7.02. The zero-order valence-electron chi connectivity index (χ0n) is 13.6. The smallest absolute Gasteiger partial charge is 0.131 e. The quantitative estimate of drug-likeness (QED) is 0.867. The Kier molecular flexibility index (Phi) is 3.73. The summed E-state index contributed by atoms with van der Waals surface area (Å²) < 4.78 is 0. The van der Waals surface area contributed by atoms with E-state index in [-0.39, 0.29) is 0 Å². The van der Waals surface area contributed by atoms with E-state index in [1.54, 1.807) is 6.33 Å². The van der Waals surface area contributed by atoms with Crippen molar-refractivity contribution >= 4 is 5.82 Å². The maximum atomic E-state index is 4.45. The molecule has 5 heteroatoms. The molecule has 1 saturated carbocycles. The SMILES string of the molecule is CN(c1ccncn1)C1CC2(CCN(Cc3ccccn3)C2)C1. The van der Waals surface area contributed by atoms with E-state index in [0.717, 1.165) is 12.4 Å². The van der Waals surface area contributed by atoms with Crippen molar-refractivity contribution in [1.82, 2.24) is 19.9 Å². The van der Waals surface area contributed by atoms with E-state index in [1.165, 1.54) is 38.0 Å². The van der Waals surface area contributed by atoms with Gasteiger partial charge in [-0.25, -0.2) is 9.97 Å². The van der Waals surface area contributed by atoms with Crippen molar-refractivity contribution in [1.29, 1.82) is 0 Å². The number of aromatic nitrogens is 3. The predicted octanol–water partition coefficient (Wildman–Crippen LogP) is 2.36. The van der Waals surface area contributed by atoms with Gasteiger partial charge in [0, 0.05) is 38.6 Å². The molecule has 23 heavy (non-hydrogen) atoms. The Bertz CT molecular complexity index is 639. The van der Waals surface area contributed by atoms with E-state index >= 15 is 0 Å². The molecule has 4 rings (SSSR count). The maximum Gasteiger partial charge on any atom is 0.131 e. The third-order valence-corrected chi connectivity index (χ3v) is 5.44. The number of hydrogen-bond acceptors (Lipinski definition) is 5. The molecule has 2 fully saturated rings. The number of rotatable bonds is 4. The largest absolute Gasteiger partial charge is 0.357 e. The third-order valence-electron chi connectivity index (χ3n) is 5.44. The molecular weight excluding hydrogens is 286 g/mol. The van der Waals surface area contributed by atoms with Crippen molar-refractivity contribution in [2.24, 2.45) is 5.41 Å². The Labute approximate surface area is 137 Å². The summed E-state index contributed by atoms with van der Waals surface area (Å²) in [6.45, 7) is 3.38. The lowest BCUT2D eigenvalue weighted by molar-refractivity contribution is 0.106. The van der Waals surface area contributed by atoms with E-state index in [9.17, 15) is 0 Å². The molecule has 1 spiro atoms. The molecule has 3 heterocycles. The first kappa shape index (κ1) is 14.6. The van der Waals surface area contributed by atoms with E-state index in [2.05, 4.69) is 43.9 Å². The second kappa shape index (κ2) is 5.89. The minimum atomic E-state index is 0.515. The molecule has 1 aliphatic heterocycles. The van der Waals surface area contributed by atoms with Crippen LogP contribution in [0.15, 0.2) is 43.0 Å². The molecule has 2 aliphatic rings. The van der Waals surface area contributed by atoms with Crippen molar-refractivity contribution in [3.8, 4) is 0 Å². The van der Waals surface area contributed by atoms with Crippen molar-refractivity contribution in [2.75, 3.05) is 25.0 Å². The fraction of sp³-hybridized carbons (Fsp3) is 0.500. The summed E-state index contributed by atoms with van der Waals surface area (Å²) >= 11 is 0. The average Bonchev–Trinajstić information content (AvgIpc) is 2.99. The minimum Gasteiger partial charge on any atom is -0.357 e. The van der Waals surface area contributed by atoms with E-state index in [1.807, 2.05) is 24.5 Å². The van der Waals surface area contributed by atoms with Crippen molar-refractivity contribution in [3.63, 3.8) is 0 Å². The molecular formula is C18H23N5. The Hall–Kier alpha value is -2.01. The zero-order valence-corrected chi connectivity index (χ0v) is 13.6. The van der Waals surface area contributed by atoms with Gasteiger partial charge in [0.1, 0.15) is 12.1 Å². The van der Waals surface area contributed by atoms with Crippen LogP contribution in [0.25, 0.3) is 0 Å². The molecule has 1 aliphatic carbocycles. The van der Waals surface area contributed by atoms with Gasteiger partial charge in [-0.1, -0.05) is 6.07 Å². The van der Waals surface area contributed by atoms with Crippen LogP contribution in [0.3, 0.4) is 0 Å². The maximum absolute atomic E-state index is 4.45. The van der Waals surface area contributed by atoms with Gasteiger partial charge in [-0.15, -0.1) is 0 Å². The zero-order chi connectivity index (χ0) is 15.7. The van der Waals surface area contributed by atoms with Gasteiger partial charge < -0.3 is 4.90 Å². The average molecular weight is 309 g/mol. The summed E-state index contributed by atoms with van der Waals surface area (Å²) in [6, 6.07) is 8.78. The van der Waals surface area contributed by atoms with Crippen LogP contribution in [0, 0.1) is 5.41 Å². The van der Waals surface area contributed by atoms with Gasteiger partial charge in [0.05, 0.1) is 5.69 Å². The fourth-order valence-electron chi connectivity index (χ4n) is 4.11. The highest BCUT2D eigenvalue weighted by molar-refractivity contribution is 5.38. The molecule has 2 aromatic rings. The molecule has 0 amide bonds. The topological polar surface area (TPSA) is 45.2 Å². The minimum absolute atomic E-state index is 0.515. The summed E-state index contributed by atoms with van der Waals surface area (Å²) in [4.78, 5) is 17.7. The van der Waals surface area contributed by atoms with Gasteiger partial charge in [0.15, 0.2) is 0 Å². The third kappa shape index (κ3) is 2.93. The van der Waals surface area contributed by atoms with Gasteiger partial charge >= 0.3 is 0 Å². The normalized spacial score (nSPS) is 27.1. The Balaban J connectivity index is 1.33. The highest BCUT2D eigenvalue weighted by Crippen LogP contribution is 2.50. The van der Waals surface area contributed by atoms with Crippen LogP contribution in [-0.2, 0) is 6.54 Å². The standard InChI is InChI=1S/C18H23N5/c1-22(17-5-8-19-14-21-17)16-10-18(11-16)6-9-23(13-18)12-15-4-2-3-7-20-15/h2-5,7-8,14,16H,6,9-13H2,1H3. The van der Waals surface area contributed by atoms with Crippen LogP contribution in [-0.4, -0.2) is 46.0 Å². The fourth-order valence-corrected chi connectivity index (χ4v) is 4.11. The van der Waals surface area contributed by atoms with Crippen LogP contribution in [0.5, 0.6) is 0 Å². The first-order valence-corrected chi connectivity index (χ1v) is 8.35. The molecule has 2 aromatic heterocycles. The molecule has 120 valence electrons. The number of anilines is 1. The highest BCUT2D eigenvalue weighted by Gasteiger charge is 2.49. The Morgan fingerprint density at radius 3 is 2.87 bits per heavy atom. The summed E-state index contributed by atoms with van der Waals surface area (Å²) in [7, 11) is 2.15. The molecule has 5 nitrogen and oxygen atoms in total. The molecule has 1 saturated heterocycles. The van der Waals surface area contributed by atoms with E-state index < -0.39 is 0 Å². The van der Waals surface area contributed by atoms with Gasteiger partial charge in [-0.2, -0.15) is 0 Å². The summed E-state index contributed by atoms with van der Waals surface area (Å²) in [5, 5.41) is 0. The molecule has 0 aromatic carbocycles. The van der Waals surface area contributed by atoms with Crippen LogP contribution in [0.1, 0.15) is 25.0 Å². The molecule has 0 bridgehead atoms. The van der Waals surface area contributed by atoms with Gasteiger partial charge in [0.2, 0.25) is 0 Å². The monoisotopic (exact) mass is 309 g/mol. The molecule has 0 atom stereocenters. The van der Waals surface area contributed by atoms with Crippen molar-refractivity contribution in [2.45, 2.75) is 31.8 Å². The van der Waals surface area contributed by atoms with Gasteiger partial charge in [-0.3, -0.25) is 9.88 Å². The van der Waals surface area contributed by atoms with Gasteiger partial charge in [-0.05, 0) is 49.4 Å². The highest BCUT2D eigenvalue weighted by atomic mass is 15.2. The molecule has 0 radical (unpaired) electrons. The van der Waals surface area contributed by atoms with Crippen molar-refractivity contribution < 1.29 is 0 Å². The van der Waals surface area contributed by atoms with Crippen LogP contribution in [0.2, 0.25) is 0 Å². The van der Waals surface area contributed by atoms with E-state index in [0.29, 0.717) is 11.5 Å². The van der Waals surface area contributed by atoms with Crippen LogP contribution >= 0.6 is 0 Å². The van der Waals surface area contributed by atoms with Crippen LogP contribution in [0.4, 0.5) is 5.82 Å². The number of hydrogen-bond donors (Lipinski definition) is 0. The first-order valence-electron chi connectivity index (χ1n) is 8.35. The van der Waals surface area contributed by atoms with Crippen LogP contribution < -0.4 is 4.90 Å². The van der Waals surface area contributed by atoms with Crippen molar-refractivity contribution in [3.05, 3.63) is 48.7 Å². The lowest BCUT2D eigenvalue weighted by Crippen LogP contribution is -2.51. The summed E-state index contributed by atoms with van der Waals surface area (Å²) in [5.74, 6) is 1.03. The Morgan fingerprint density at radius 1 is 1.22 bits per heavy atom. The number of likely N-dealkylation sites (tertiary alicyclic amines) is 1. The lowest BCUT2D eigenvalue weighted by atomic mass is 9.64. The number of pyridine rings is 1. The van der Waals surface area contributed by atoms with E-state index in [4.69, 9.17) is 0 Å². The summed E-state index contributed by atoms with van der Waals surface area (Å²) in [6.07, 6.45) is 9.19. The lowest BCUT2D eigenvalue weighted by Gasteiger charge is -2.49. The molecule has 0 unspecified atom stereocenters. The Morgan fingerprint density at radius 2 is 2.13 bits per heavy atom. The second-order valence-corrected chi connectivity index (χ2v) is 7.02. The molecule has 0 N–H and O–H groups in total. The summed E-state index contributed by atoms with van der Waals surface area (Å²) in [5.41, 5.74) is 1.69.